The Bertz CT molecular complexity index is 271. The molecular formula is C9H15BrN2S. The summed E-state index contributed by atoms with van der Waals surface area (Å²) in [5.74, 6) is 0.554. The van der Waals surface area contributed by atoms with Gasteiger partial charge in [-0.25, -0.2) is 4.98 Å². The lowest BCUT2D eigenvalue weighted by atomic mass is 10.2. The quantitative estimate of drug-likeness (QED) is 0.907. The highest BCUT2D eigenvalue weighted by molar-refractivity contribution is 9.10. The van der Waals surface area contributed by atoms with Crippen LogP contribution in [-0.2, 0) is 6.42 Å². The summed E-state index contributed by atoms with van der Waals surface area (Å²) in [6, 6.07) is 0. The molecule has 0 bridgehead atoms. The molecule has 1 rings (SSSR count). The highest BCUT2D eigenvalue weighted by Gasteiger charge is 2.11. The third kappa shape index (κ3) is 3.04. The maximum absolute atomic E-state index is 5.45. The predicted molar refractivity (Wildman–Crippen MR) is 61.3 cm³/mol. The molecule has 13 heavy (non-hydrogen) atoms. The van der Waals surface area contributed by atoms with Crippen molar-refractivity contribution in [1.29, 1.82) is 0 Å². The Labute approximate surface area is 91.7 Å². The van der Waals surface area contributed by atoms with Crippen molar-refractivity contribution in [3.05, 3.63) is 14.5 Å². The molecule has 2 nitrogen and oxygen atoms in total. The minimum Gasteiger partial charge on any atom is -0.330 e. The van der Waals surface area contributed by atoms with E-state index in [9.17, 15) is 0 Å². The van der Waals surface area contributed by atoms with Gasteiger partial charge in [0.15, 0.2) is 0 Å². The molecule has 0 amide bonds. The van der Waals surface area contributed by atoms with Crippen molar-refractivity contribution in [2.75, 3.05) is 6.54 Å². The highest BCUT2D eigenvalue weighted by Crippen LogP contribution is 2.30. The van der Waals surface area contributed by atoms with Gasteiger partial charge < -0.3 is 5.73 Å². The number of rotatable bonds is 4. The topological polar surface area (TPSA) is 38.9 Å². The Hall–Kier alpha value is 0.0700. The maximum Gasteiger partial charge on any atom is 0.120 e. The summed E-state index contributed by atoms with van der Waals surface area (Å²) < 4.78 is 1.01. The van der Waals surface area contributed by atoms with E-state index in [0.717, 1.165) is 24.0 Å². The summed E-state index contributed by atoms with van der Waals surface area (Å²) in [6.45, 7) is 5.12. The summed E-state index contributed by atoms with van der Waals surface area (Å²) in [5, 5.41) is 1.20. The second-order valence-electron chi connectivity index (χ2n) is 3.31. The van der Waals surface area contributed by atoms with Crippen molar-refractivity contribution in [3.8, 4) is 0 Å². The molecule has 0 saturated heterocycles. The van der Waals surface area contributed by atoms with Gasteiger partial charge in [-0.3, -0.25) is 0 Å². The van der Waals surface area contributed by atoms with Gasteiger partial charge in [-0.05, 0) is 34.8 Å². The second kappa shape index (κ2) is 5.08. The van der Waals surface area contributed by atoms with Crippen molar-refractivity contribution in [1.82, 2.24) is 4.98 Å². The van der Waals surface area contributed by atoms with Crippen molar-refractivity contribution in [2.45, 2.75) is 32.6 Å². The minimum absolute atomic E-state index is 0.554. The van der Waals surface area contributed by atoms with Crippen LogP contribution in [0.4, 0.5) is 0 Å². The van der Waals surface area contributed by atoms with Crippen molar-refractivity contribution >= 4 is 27.3 Å². The van der Waals surface area contributed by atoms with Crippen LogP contribution >= 0.6 is 27.3 Å². The summed E-state index contributed by atoms with van der Waals surface area (Å²) in [6.07, 6.45) is 2.03. The van der Waals surface area contributed by atoms with Gasteiger partial charge in [-0.2, -0.15) is 0 Å². The molecule has 0 saturated carbocycles. The second-order valence-corrected chi connectivity index (χ2v) is 5.18. The van der Waals surface area contributed by atoms with E-state index in [4.69, 9.17) is 5.73 Å². The molecule has 0 aliphatic heterocycles. The summed E-state index contributed by atoms with van der Waals surface area (Å²) in [5.41, 5.74) is 5.45. The average Bonchev–Trinajstić information content (AvgIpc) is 2.43. The van der Waals surface area contributed by atoms with Gasteiger partial charge in [0.2, 0.25) is 0 Å². The zero-order valence-electron chi connectivity index (χ0n) is 8.01. The van der Waals surface area contributed by atoms with Crippen LogP contribution in [0.25, 0.3) is 0 Å². The van der Waals surface area contributed by atoms with Crippen LogP contribution in [0.1, 0.15) is 36.1 Å². The van der Waals surface area contributed by atoms with Crippen LogP contribution in [-0.4, -0.2) is 11.5 Å². The summed E-state index contributed by atoms with van der Waals surface area (Å²) >= 11 is 5.27. The van der Waals surface area contributed by atoms with Crippen LogP contribution < -0.4 is 5.73 Å². The van der Waals surface area contributed by atoms with E-state index in [1.165, 1.54) is 9.88 Å². The van der Waals surface area contributed by atoms with Crippen molar-refractivity contribution in [3.63, 3.8) is 0 Å². The van der Waals surface area contributed by atoms with Gasteiger partial charge in [0.1, 0.15) is 4.60 Å². The SMILES string of the molecule is CC(C)c1sc(CCCN)nc1Br. The fraction of sp³-hybridized carbons (Fsp3) is 0.667. The van der Waals surface area contributed by atoms with E-state index in [0.29, 0.717) is 5.92 Å². The largest absolute Gasteiger partial charge is 0.330 e. The van der Waals surface area contributed by atoms with Gasteiger partial charge in [-0.1, -0.05) is 13.8 Å². The molecule has 0 radical (unpaired) electrons. The standard InChI is InChI=1S/C9H15BrN2S/c1-6(2)8-9(10)12-7(13-8)4-3-5-11/h6H,3-5,11H2,1-2H3. The molecular weight excluding hydrogens is 248 g/mol. The first-order chi connectivity index (χ1) is 6.15. The van der Waals surface area contributed by atoms with E-state index in [2.05, 4.69) is 34.8 Å². The number of aromatic nitrogens is 1. The lowest BCUT2D eigenvalue weighted by Crippen LogP contribution is -1.99. The molecule has 0 atom stereocenters. The number of aryl methyl sites for hydroxylation is 1. The number of hydrogen-bond donors (Lipinski definition) is 1. The smallest absolute Gasteiger partial charge is 0.120 e. The Morgan fingerprint density at radius 3 is 2.69 bits per heavy atom. The molecule has 0 fully saturated rings. The van der Waals surface area contributed by atoms with E-state index >= 15 is 0 Å². The van der Waals surface area contributed by atoms with Gasteiger partial charge in [0.05, 0.1) is 5.01 Å². The molecule has 0 unspecified atom stereocenters. The molecule has 0 aliphatic rings. The molecule has 2 N–H and O–H groups in total. The first kappa shape index (κ1) is 11.1. The molecule has 1 heterocycles. The van der Waals surface area contributed by atoms with E-state index in [1.807, 2.05) is 0 Å². The monoisotopic (exact) mass is 262 g/mol. The average molecular weight is 263 g/mol. The van der Waals surface area contributed by atoms with Gasteiger partial charge in [0.25, 0.3) is 0 Å². The predicted octanol–water partition coefficient (Wildman–Crippen LogP) is 2.92. The van der Waals surface area contributed by atoms with Crippen LogP contribution in [0.3, 0.4) is 0 Å². The summed E-state index contributed by atoms with van der Waals surface area (Å²) in [4.78, 5) is 5.79. The van der Waals surface area contributed by atoms with Crippen LogP contribution in [0.2, 0.25) is 0 Å². The fourth-order valence-corrected chi connectivity index (χ4v) is 3.11. The molecule has 0 spiro atoms. The molecule has 74 valence electrons. The lowest BCUT2D eigenvalue weighted by Gasteiger charge is -1.98. The number of halogens is 1. The van der Waals surface area contributed by atoms with E-state index in [1.54, 1.807) is 11.3 Å². The minimum atomic E-state index is 0.554. The van der Waals surface area contributed by atoms with Crippen molar-refractivity contribution < 1.29 is 0 Å². The third-order valence-electron chi connectivity index (χ3n) is 1.77. The van der Waals surface area contributed by atoms with Crippen molar-refractivity contribution in [2.24, 2.45) is 5.73 Å². The highest BCUT2D eigenvalue weighted by atomic mass is 79.9. The molecule has 1 aromatic heterocycles. The lowest BCUT2D eigenvalue weighted by molar-refractivity contribution is 0.823. The maximum atomic E-state index is 5.45. The van der Waals surface area contributed by atoms with Gasteiger partial charge >= 0.3 is 0 Å². The van der Waals surface area contributed by atoms with Crippen LogP contribution in [0, 0.1) is 0 Å². The molecule has 0 aromatic carbocycles. The van der Waals surface area contributed by atoms with Gasteiger partial charge in [-0.15, -0.1) is 11.3 Å². The fourth-order valence-electron chi connectivity index (χ4n) is 1.07. The van der Waals surface area contributed by atoms with Crippen LogP contribution in [0.15, 0.2) is 4.60 Å². The Balaban J connectivity index is 2.71. The number of thiazole rings is 1. The first-order valence-electron chi connectivity index (χ1n) is 4.50. The van der Waals surface area contributed by atoms with Crippen LogP contribution in [0.5, 0.6) is 0 Å². The molecule has 4 heteroatoms. The molecule has 0 aliphatic carbocycles. The van der Waals surface area contributed by atoms with E-state index < -0.39 is 0 Å². The van der Waals surface area contributed by atoms with E-state index in [-0.39, 0.29) is 0 Å². The normalized spacial score (nSPS) is 11.2. The number of hydrogen-bond acceptors (Lipinski definition) is 3. The van der Waals surface area contributed by atoms with Gasteiger partial charge in [0, 0.05) is 11.3 Å². The Kier molecular flexibility index (Phi) is 4.35. The third-order valence-corrected chi connectivity index (χ3v) is 4.06. The first-order valence-corrected chi connectivity index (χ1v) is 6.11. The molecule has 1 aromatic rings. The Morgan fingerprint density at radius 2 is 2.23 bits per heavy atom. The number of nitrogens with two attached hydrogens (primary N) is 1. The zero-order valence-corrected chi connectivity index (χ0v) is 10.4. The Morgan fingerprint density at radius 1 is 1.54 bits per heavy atom. The summed E-state index contributed by atoms with van der Waals surface area (Å²) in [7, 11) is 0. The number of nitrogens with zero attached hydrogens (tertiary/aromatic N) is 1. The zero-order chi connectivity index (χ0) is 9.84.